The Hall–Kier alpha value is -1.09. The maximum Gasteiger partial charge on any atom is 0.128 e. The molecule has 1 fully saturated rings. The van der Waals surface area contributed by atoms with Crippen LogP contribution in [0.15, 0.2) is 18.2 Å². The molecule has 1 heterocycles. The standard InChI is InChI=1S/C15H23FN2/c1-12-6-7-13(11-15(12)16)17-9-8-14-5-3-4-10-18(14)2/h6-7,11,14,17H,3-5,8-10H2,1-2H3. The maximum atomic E-state index is 13.4. The number of likely N-dealkylation sites (tertiary alicyclic amines) is 1. The molecule has 2 nitrogen and oxygen atoms in total. The van der Waals surface area contributed by atoms with Gasteiger partial charge in [0.1, 0.15) is 5.82 Å². The summed E-state index contributed by atoms with van der Waals surface area (Å²) in [5.41, 5.74) is 1.59. The molecule has 1 unspecified atom stereocenters. The highest BCUT2D eigenvalue weighted by molar-refractivity contribution is 5.45. The highest BCUT2D eigenvalue weighted by Gasteiger charge is 2.17. The van der Waals surface area contributed by atoms with E-state index in [0.29, 0.717) is 11.6 Å². The summed E-state index contributed by atoms with van der Waals surface area (Å²) in [5, 5.41) is 3.31. The average molecular weight is 250 g/mol. The van der Waals surface area contributed by atoms with Crippen molar-refractivity contribution >= 4 is 5.69 Å². The van der Waals surface area contributed by atoms with E-state index >= 15 is 0 Å². The fourth-order valence-corrected chi connectivity index (χ4v) is 2.59. The van der Waals surface area contributed by atoms with Crippen molar-refractivity contribution in [3.63, 3.8) is 0 Å². The van der Waals surface area contributed by atoms with Gasteiger partial charge in [0.25, 0.3) is 0 Å². The molecule has 0 bridgehead atoms. The Balaban J connectivity index is 1.79. The molecule has 1 aromatic carbocycles. The summed E-state index contributed by atoms with van der Waals surface area (Å²) in [4.78, 5) is 2.45. The number of rotatable bonds is 4. The van der Waals surface area contributed by atoms with Crippen LogP contribution in [0, 0.1) is 12.7 Å². The second kappa shape index (κ2) is 6.19. The topological polar surface area (TPSA) is 15.3 Å². The van der Waals surface area contributed by atoms with Crippen molar-refractivity contribution in [3.8, 4) is 0 Å². The van der Waals surface area contributed by atoms with E-state index in [4.69, 9.17) is 0 Å². The molecule has 0 radical (unpaired) electrons. The lowest BCUT2D eigenvalue weighted by atomic mass is 10.0. The summed E-state index contributed by atoms with van der Waals surface area (Å²) < 4.78 is 13.4. The monoisotopic (exact) mass is 250 g/mol. The van der Waals surface area contributed by atoms with Gasteiger partial charge in [0.05, 0.1) is 0 Å². The number of nitrogens with zero attached hydrogens (tertiary/aromatic N) is 1. The van der Waals surface area contributed by atoms with Crippen LogP contribution in [0.3, 0.4) is 0 Å². The summed E-state index contributed by atoms with van der Waals surface area (Å²) in [7, 11) is 2.20. The molecule has 18 heavy (non-hydrogen) atoms. The molecule has 0 aliphatic carbocycles. The lowest BCUT2D eigenvalue weighted by molar-refractivity contribution is 0.179. The van der Waals surface area contributed by atoms with Gasteiger partial charge in [-0.3, -0.25) is 0 Å². The Bertz CT molecular complexity index is 392. The first-order valence-corrected chi connectivity index (χ1v) is 6.87. The number of hydrogen-bond donors (Lipinski definition) is 1. The minimum absolute atomic E-state index is 0.130. The average Bonchev–Trinajstić information content (AvgIpc) is 2.36. The molecule has 1 N–H and O–H groups in total. The van der Waals surface area contributed by atoms with Gasteiger partial charge in [0.2, 0.25) is 0 Å². The third-order valence-electron chi connectivity index (χ3n) is 3.90. The Labute approximate surface area is 109 Å². The first-order valence-electron chi connectivity index (χ1n) is 6.87. The molecular weight excluding hydrogens is 227 g/mol. The van der Waals surface area contributed by atoms with E-state index in [1.807, 2.05) is 12.1 Å². The van der Waals surface area contributed by atoms with E-state index in [2.05, 4.69) is 17.3 Å². The van der Waals surface area contributed by atoms with Crippen LogP contribution in [0.25, 0.3) is 0 Å². The lowest BCUT2D eigenvalue weighted by Gasteiger charge is -2.32. The van der Waals surface area contributed by atoms with Gasteiger partial charge in [0, 0.05) is 18.3 Å². The van der Waals surface area contributed by atoms with E-state index < -0.39 is 0 Å². The minimum Gasteiger partial charge on any atom is -0.385 e. The highest BCUT2D eigenvalue weighted by atomic mass is 19.1. The number of halogens is 1. The number of anilines is 1. The van der Waals surface area contributed by atoms with Gasteiger partial charge >= 0.3 is 0 Å². The summed E-state index contributed by atoms with van der Waals surface area (Å²) >= 11 is 0. The predicted octanol–water partition coefficient (Wildman–Crippen LogP) is 3.42. The van der Waals surface area contributed by atoms with Crippen molar-refractivity contribution in [2.75, 3.05) is 25.5 Å². The molecule has 2 rings (SSSR count). The van der Waals surface area contributed by atoms with Gasteiger partial charge in [-0.15, -0.1) is 0 Å². The number of aryl methyl sites for hydroxylation is 1. The molecule has 0 spiro atoms. The lowest BCUT2D eigenvalue weighted by Crippen LogP contribution is -2.37. The van der Waals surface area contributed by atoms with Crippen LogP contribution in [0.1, 0.15) is 31.2 Å². The third-order valence-corrected chi connectivity index (χ3v) is 3.90. The number of piperidine rings is 1. The minimum atomic E-state index is -0.130. The normalized spacial score (nSPS) is 20.9. The van der Waals surface area contributed by atoms with Gasteiger partial charge in [0.15, 0.2) is 0 Å². The van der Waals surface area contributed by atoms with Gasteiger partial charge in [-0.1, -0.05) is 12.5 Å². The zero-order valence-corrected chi connectivity index (χ0v) is 11.4. The van der Waals surface area contributed by atoms with Crippen LogP contribution < -0.4 is 5.32 Å². The van der Waals surface area contributed by atoms with Crippen molar-refractivity contribution in [1.29, 1.82) is 0 Å². The zero-order valence-electron chi connectivity index (χ0n) is 11.4. The number of benzene rings is 1. The Morgan fingerprint density at radius 2 is 2.22 bits per heavy atom. The fraction of sp³-hybridized carbons (Fsp3) is 0.600. The zero-order chi connectivity index (χ0) is 13.0. The largest absolute Gasteiger partial charge is 0.385 e. The summed E-state index contributed by atoms with van der Waals surface area (Å²) in [6.07, 6.45) is 5.09. The van der Waals surface area contributed by atoms with E-state index in [9.17, 15) is 4.39 Å². The molecule has 1 atom stereocenters. The molecule has 1 aliphatic rings. The van der Waals surface area contributed by atoms with Crippen molar-refractivity contribution in [2.24, 2.45) is 0 Å². The molecule has 0 saturated carbocycles. The van der Waals surface area contributed by atoms with Gasteiger partial charge < -0.3 is 10.2 Å². The first kappa shape index (κ1) is 13.3. The van der Waals surface area contributed by atoms with Gasteiger partial charge in [-0.05, 0) is 57.5 Å². The van der Waals surface area contributed by atoms with Crippen LogP contribution >= 0.6 is 0 Å². The number of nitrogens with one attached hydrogen (secondary N) is 1. The van der Waals surface area contributed by atoms with E-state index in [0.717, 1.165) is 18.7 Å². The predicted molar refractivity (Wildman–Crippen MR) is 74.5 cm³/mol. The van der Waals surface area contributed by atoms with Crippen LogP contribution in [0.5, 0.6) is 0 Å². The van der Waals surface area contributed by atoms with E-state index in [-0.39, 0.29) is 5.82 Å². The molecule has 3 heteroatoms. The Morgan fingerprint density at radius 3 is 2.94 bits per heavy atom. The summed E-state index contributed by atoms with van der Waals surface area (Å²) in [6.45, 7) is 3.91. The van der Waals surface area contributed by atoms with E-state index in [1.165, 1.54) is 25.8 Å². The Morgan fingerprint density at radius 1 is 1.39 bits per heavy atom. The highest BCUT2D eigenvalue weighted by Crippen LogP contribution is 2.18. The van der Waals surface area contributed by atoms with Crippen LogP contribution in [0.2, 0.25) is 0 Å². The van der Waals surface area contributed by atoms with Crippen LogP contribution in [-0.4, -0.2) is 31.1 Å². The summed E-state index contributed by atoms with van der Waals surface area (Å²) in [6, 6.07) is 6.04. The quantitative estimate of drug-likeness (QED) is 0.881. The van der Waals surface area contributed by atoms with Crippen molar-refractivity contribution < 1.29 is 4.39 Å². The molecule has 0 aromatic heterocycles. The Kier molecular flexibility index (Phi) is 4.59. The summed E-state index contributed by atoms with van der Waals surface area (Å²) in [5.74, 6) is -0.130. The van der Waals surface area contributed by atoms with Gasteiger partial charge in [-0.25, -0.2) is 4.39 Å². The molecule has 1 saturated heterocycles. The molecule has 0 amide bonds. The molecule has 1 aromatic rings. The SMILES string of the molecule is Cc1ccc(NCCC2CCCCN2C)cc1F. The first-order chi connectivity index (χ1) is 8.66. The molecule has 1 aliphatic heterocycles. The van der Waals surface area contributed by atoms with Crippen molar-refractivity contribution in [1.82, 2.24) is 4.90 Å². The second-order valence-electron chi connectivity index (χ2n) is 5.31. The molecule has 100 valence electrons. The fourth-order valence-electron chi connectivity index (χ4n) is 2.59. The number of hydrogen-bond acceptors (Lipinski definition) is 2. The molecular formula is C15H23FN2. The third kappa shape index (κ3) is 3.45. The van der Waals surface area contributed by atoms with Crippen molar-refractivity contribution in [3.05, 3.63) is 29.6 Å². The second-order valence-corrected chi connectivity index (χ2v) is 5.31. The van der Waals surface area contributed by atoms with Crippen LogP contribution in [0.4, 0.5) is 10.1 Å². The van der Waals surface area contributed by atoms with Crippen molar-refractivity contribution in [2.45, 2.75) is 38.6 Å². The van der Waals surface area contributed by atoms with Crippen LogP contribution in [-0.2, 0) is 0 Å². The van der Waals surface area contributed by atoms with Gasteiger partial charge in [-0.2, -0.15) is 0 Å². The smallest absolute Gasteiger partial charge is 0.128 e. The van der Waals surface area contributed by atoms with E-state index in [1.54, 1.807) is 13.0 Å². The maximum absolute atomic E-state index is 13.4.